The quantitative estimate of drug-likeness (QED) is 0.904. The lowest BCUT2D eigenvalue weighted by Gasteiger charge is -2.14. The Morgan fingerprint density at radius 2 is 1.73 bits per heavy atom. The van der Waals surface area contributed by atoms with Crippen LogP contribution in [-0.4, -0.2) is 36.4 Å². The summed E-state index contributed by atoms with van der Waals surface area (Å²) in [7, 11) is 0. The summed E-state index contributed by atoms with van der Waals surface area (Å²) in [6.45, 7) is 0.663. The van der Waals surface area contributed by atoms with Gasteiger partial charge in [-0.3, -0.25) is 4.79 Å². The van der Waals surface area contributed by atoms with Gasteiger partial charge in [-0.05, 0) is 16.7 Å². The lowest BCUT2D eigenvalue weighted by molar-refractivity contribution is -0.121. The molecule has 3 rings (SSSR count). The highest BCUT2D eigenvalue weighted by Gasteiger charge is 2.27. The zero-order valence-corrected chi connectivity index (χ0v) is 12.2. The first-order valence-corrected chi connectivity index (χ1v) is 7.42. The average molecular weight is 297 g/mol. The van der Waals surface area contributed by atoms with Crippen molar-refractivity contribution in [1.82, 2.24) is 5.32 Å². The Kier molecular flexibility index (Phi) is 4.51. The number of benzene rings is 2. The second-order valence-electron chi connectivity index (χ2n) is 5.52. The Balaban J connectivity index is 1.60. The molecule has 1 amide bonds. The first-order chi connectivity index (χ1) is 10.7. The van der Waals surface area contributed by atoms with Crippen LogP contribution in [0.3, 0.4) is 0 Å². The number of aliphatic hydroxyl groups excluding tert-OH is 1. The van der Waals surface area contributed by atoms with Gasteiger partial charge < -0.3 is 15.2 Å². The maximum absolute atomic E-state index is 12.0. The van der Waals surface area contributed by atoms with E-state index in [-0.39, 0.29) is 18.6 Å². The Labute approximate surface area is 129 Å². The summed E-state index contributed by atoms with van der Waals surface area (Å²) in [5, 5.41) is 12.4. The third-order valence-electron chi connectivity index (χ3n) is 3.82. The zero-order chi connectivity index (χ0) is 15.4. The Morgan fingerprint density at radius 1 is 1.05 bits per heavy atom. The van der Waals surface area contributed by atoms with Crippen LogP contribution in [0.1, 0.15) is 5.56 Å². The number of carbonyl (C=O) groups is 1. The van der Waals surface area contributed by atoms with E-state index in [0.29, 0.717) is 13.0 Å². The molecule has 0 bridgehead atoms. The molecule has 4 nitrogen and oxygen atoms in total. The number of hydrogen-bond donors (Lipinski definition) is 2. The van der Waals surface area contributed by atoms with Crippen LogP contribution in [0.25, 0.3) is 11.1 Å². The Morgan fingerprint density at radius 3 is 2.36 bits per heavy atom. The average Bonchev–Trinajstić information content (AvgIpc) is 2.94. The molecule has 1 heterocycles. The van der Waals surface area contributed by atoms with Gasteiger partial charge in [-0.25, -0.2) is 0 Å². The van der Waals surface area contributed by atoms with Gasteiger partial charge >= 0.3 is 0 Å². The molecule has 2 aromatic rings. The number of carbonyl (C=O) groups excluding carboxylic acids is 1. The summed E-state index contributed by atoms with van der Waals surface area (Å²) in [4.78, 5) is 12.0. The fourth-order valence-electron chi connectivity index (χ4n) is 2.57. The predicted molar refractivity (Wildman–Crippen MR) is 84.3 cm³/mol. The Bertz CT molecular complexity index is 625. The molecule has 1 aliphatic heterocycles. The van der Waals surface area contributed by atoms with Crippen LogP contribution in [0.2, 0.25) is 0 Å². The molecule has 22 heavy (non-hydrogen) atoms. The smallest absolute Gasteiger partial charge is 0.224 e. The fourth-order valence-corrected chi connectivity index (χ4v) is 2.57. The minimum Gasteiger partial charge on any atom is -0.388 e. The zero-order valence-electron chi connectivity index (χ0n) is 12.2. The molecule has 1 fully saturated rings. The van der Waals surface area contributed by atoms with Gasteiger partial charge in [0.1, 0.15) is 0 Å². The van der Waals surface area contributed by atoms with E-state index in [1.165, 1.54) is 0 Å². The summed E-state index contributed by atoms with van der Waals surface area (Å²) in [5.74, 6) is -0.0954. The van der Waals surface area contributed by atoms with Crippen molar-refractivity contribution in [3.05, 3.63) is 60.2 Å². The van der Waals surface area contributed by atoms with E-state index in [0.717, 1.165) is 16.7 Å². The molecule has 114 valence electrons. The molecule has 1 saturated heterocycles. The monoisotopic (exact) mass is 297 g/mol. The molecule has 2 N–H and O–H groups in total. The molecule has 4 heteroatoms. The van der Waals surface area contributed by atoms with Crippen LogP contribution < -0.4 is 5.32 Å². The molecule has 2 atom stereocenters. The predicted octanol–water partition coefficient (Wildman–Crippen LogP) is 1.77. The first-order valence-electron chi connectivity index (χ1n) is 7.42. The van der Waals surface area contributed by atoms with Crippen LogP contribution in [0.15, 0.2) is 54.6 Å². The molecule has 0 radical (unpaired) electrons. The second kappa shape index (κ2) is 6.73. The van der Waals surface area contributed by atoms with Crippen LogP contribution in [-0.2, 0) is 16.0 Å². The largest absolute Gasteiger partial charge is 0.388 e. The number of rotatable bonds is 4. The van der Waals surface area contributed by atoms with Gasteiger partial charge in [0.15, 0.2) is 0 Å². The van der Waals surface area contributed by atoms with Gasteiger partial charge in [0.25, 0.3) is 0 Å². The molecule has 0 spiro atoms. The maximum atomic E-state index is 12.0. The third kappa shape index (κ3) is 3.53. The van der Waals surface area contributed by atoms with E-state index in [4.69, 9.17) is 4.74 Å². The molecule has 0 unspecified atom stereocenters. The van der Waals surface area contributed by atoms with Crippen LogP contribution >= 0.6 is 0 Å². The van der Waals surface area contributed by atoms with Crippen LogP contribution in [0.5, 0.6) is 0 Å². The van der Waals surface area contributed by atoms with Crippen molar-refractivity contribution in [1.29, 1.82) is 0 Å². The number of hydrogen-bond acceptors (Lipinski definition) is 3. The second-order valence-corrected chi connectivity index (χ2v) is 5.52. The van der Waals surface area contributed by atoms with Gasteiger partial charge in [0.05, 0.1) is 31.8 Å². The summed E-state index contributed by atoms with van der Waals surface area (Å²) in [5.41, 5.74) is 3.24. The van der Waals surface area contributed by atoms with Crippen molar-refractivity contribution >= 4 is 5.91 Å². The van der Waals surface area contributed by atoms with E-state index < -0.39 is 6.10 Å². The van der Waals surface area contributed by atoms with Crippen molar-refractivity contribution in [2.45, 2.75) is 18.6 Å². The van der Waals surface area contributed by atoms with E-state index in [9.17, 15) is 9.90 Å². The third-order valence-corrected chi connectivity index (χ3v) is 3.82. The number of aliphatic hydroxyl groups is 1. The molecule has 0 aliphatic carbocycles. The number of ether oxygens (including phenoxy) is 1. The fraction of sp³-hybridized carbons (Fsp3) is 0.278. The van der Waals surface area contributed by atoms with E-state index in [2.05, 4.69) is 17.4 Å². The summed E-state index contributed by atoms with van der Waals surface area (Å²) >= 11 is 0. The van der Waals surface area contributed by atoms with E-state index >= 15 is 0 Å². The van der Waals surface area contributed by atoms with Crippen molar-refractivity contribution in [3.63, 3.8) is 0 Å². The first kappa shape index (κ1) is 14.8. The maximum Gasteiger partial charge on any atom is 0.224 e. The van der Waals surface area contributed by atoms with Gasteiger partial charge in [-0.2, -0.15) is 0 Å². The SMILES string of the molecule is O=C(Cc1ccc(-c2ccccc2)cc1)N[C@@H]1COC[C@H]1O. The topological polar surface area (TPSA) is 58.6 Å². The molecule has 0 saturated carbocycles. The molecule has 2 aromatic carbocycles. The summed E-state index contributed by atoms with van der Waals surface area (Å²) < 4.78 is 5.12. The van der Waals surface area contributed by atoms with Crippen molar-refractivity contribution in [2.75, 3.05) is 13.2 Å². The number of amides is 1. The minimum absolute atomic E-state index is 0.0954. The standard InChI is InChI=1S/C18H19NO3/c20-17-12-22-11-16(17)19-18(21)10-13-6-8-15(9-7-13)14-4-2-1-3-5-14/h1-9,16-17,20H,10-12H2,(H,19,21)/t16-,17-/m1/s1. The van der Waals surface area contributed by atoms with Gasteiger partial charge in [-0.1, -0.05) is 54.6 Å². The molecule has 1 aliphatic rings. The van der Waals surface area contributed by atoms with Gasteiger partial charge in [0, 0.05) is 0 Å². The van der Waals surface area contributed by atoms with E-state index in [1.54, 1.807) is 0 Å². The van der Waals surface area contributed by atoms with Crippen LogP contribution in [0.4, 0.5) is 0 Å². The van der Waals surface area contributed by atoms with Crippen molar-refractivity contribution in [2.24, 2.45) is 0 Å². The molecular weight excluding hydrogens is 278 g/mol. The van der Waals surface area contributed by atoms with Gasteiger partial charge in [-0.15, -0.1) is 0 Å². The van der Waals surface area contributed by atoms with Crippen molar-refractivity contribution < 1.29 is 14.6 Å². The highest BCUT2D eigenvalue weighted by molar-refractivity contribution is 5.79. The molecular formula is C18H19NO3. The number of nitrogens with one attached hydrogen (secondary N) is 1. The van der Waals surface area contributed by atoms with E-state index in [1.807, 2.05) is 42.5 Å². The Hall–Kier alpha value is -2.17. The van der Waals surface area contributed by atoms with Gasteiger partial charge in [0.2, 0.25) is 5.91 Å². The van der Waals surface area contributed by atoms with Crippen molar-refractivity contribution in [3.8, 4) is 11.1 Å². The lowest BCUT2D eigenvalue weighted by atomic mass is 10.0. The summed E-state index contributed by atoms with van der Waals surface area (Å²) in [6, 6.07) is 17.8. The summed E-state index contributed by atoms with van der Waals surface area (Å²) in [6.07, 6.45) is -0.303. The highest BCUT2D eigenvalue weighted by Crippen LogP contribution is 2.19. The molecule has 0 aromatic heterocycles. The lowest BCUT2D eigenvalue weighted by Crippen LogP contribution is -2.43. The highest BCUT2D eigenvalue weighted by atomic mass is 16.5. The van der Waals surface area contributed by atoms with Crippen LogP contribution in [0, 0.1) is 0 Å². The normalized spacial score (nSPS) is 20.8. The minimum atomic E-state index is -0.607.